The van der Waals surface area contributed by atoms with E-state index in [9.17, 15) is 9.59 Å². The van der Waals surface area contributed by atoms with Crippen molar-refractivity contribution in [2.75, 3.05) is 44.8 Å². The predicted molar refractivity (Wildman–Crippen MR) is 144 cm³/mol. The van der Waals surface area contributed by atoms with Gasteiger partial charge in [0.2, 0.25) is 5.91 Å². The molecular weight excluding hydrogens is 512 g/mol. The normalized spacial score (nSPS) is 15.9. The molecule has 4 rings (SSSR count). The van der Waals surface area contributed by atoms with Crippen LogP contribution in [0.2, 0.25) is 5.15 Å². The number of carbonyl (C=O) groups is 2. The van der Waals surface area contributed by atoms with Gasteiger partial charge in [0.1, 0.15) is 18.1 Å². The van der Waals surface area contributed by atoms with Crippen molar-refractivity contribution in [2.45, 2.75) is 31.2 Å². The maximum Gasteiger partial charge on any atom is 0.280 e. The second-order valence-electron chi connectivity index (χ2n) is 9.21. The largest absolute Gasteiger partial charge is 0.498 e. The maximum absolute atomic E-state index is 12.8. The van der Waals surface area contributed by atoms with E-state index in [0.29, 0.717) is 63.6 Å². The van der Waals surface area contributed by atoms with Gasteiger partial charge in [-0.25, -0.2) is 9.97 Å². The van der Waals surface area contributed by atoms with Gasteiger partial charge >= 0.3 is 0 Å². The third-order valence-corrected chi connectivity index (χ3v) is 6.87. The number of carbonyl (C=O) groups excluding carboxylic acids is 2. The fraction of sp³-hybridized carbons (Fsp3) is 0.400. The Bertz CT molecular complexity index is 1240. The maximum atomic E-state index is 12.8. The van der Waals surface area contributed by atoms with Crippen LogP contribution in [0, 0.1) is 0 Å². The SMILES string of the molecule is C=C(COc1ccc(CCC(=O)N2CCC3(CC2)CN=C(NC(=O)c2nc(Cl)c(N)nc2N)N3)cc1)OC. The molecule has 0 atom stereocenters. The van der Waals surface area contributed by atoms with Crippen LogP contribution < -0.4 is 26.8 Å². The molecule has 3 heterocycles. The first kappa shape index (κ1) is 27.0. The first-order valence-corrected chi connectivity index (χ1v) is 12.5. The third kappa shape index (κ3) is 6.43. The molecule has 1 aromatic heterocycles. The zero-order valence-corrected chi connectivity index (χ0v) is 21.9. The van der Waals surface area contributed by atoms with Crippen molar-refractivity contribution >= 4 is 41.0 Å². The van der Waals surface area contributed by atoms with E-state index in [0.717, 1.165) is 11.3 Å². The molecule has 1 saturated heterocycles. The highest BCUT2D eigenvalue weighted by Gasteiger charge is 2.40. The minimum absolute atomic E-state index is 0.0505. The van der Waals surface area contributed by atoms with E-state index < -0.39 is 5.91 Å². The fourth-order valence-electron chi connectivity index (χ4n) is 4.26. The summed E-state index contributed by atoms with van der Waals surface area (Å²) in [5.41, 5.74) is 11.9. The van der Waals surface area contributed by atoms with Crippen LogP contribution in [0.1, 0.15) is 35.3 Å². The van der Waals surface area contributed by atoms with Gasteiger partial charge in [0, 0.05) is 19.5 Å². The van der Waals surface area contributed by atoms with Gasteiger partial charge in [-0.15, -0.1) is 0 Å². The average molecular weight is 543 g/mol. The summed E-state index contributed by atoms with van der Waals surface area (Å²) in [4.78, 5) is 39.5. The molecule has 12 nitrogen and oxygen atoms in total. The number of nitrogens with two attached hydrogens (primary N) is 2. The third-order valence-electron chi connectivity index (χ3n) is 6.59. The zero-order valence-electron chi connectivity index (χ0n) is 21.1. The van der Waals surface area contributed by atoms with Crippen LogP contribution >= 0.6 is 11.6 Å². The number of benzene rings is 1. The number of hydrogen-bond acceptors (Lipinski definition) is 10. The van der Waals surface area contributed by atoms with Gasteiger partial charge in [0.15, 0.2) is 28.4 Å². The molecule has 13 heteroatoms. The number of guanidine groups is 1. The number of halogens is 1. The van der Waals surface area contributed by atoms with Crippen LogP contribution in [-0.4, -0.2) is 71.5 Å². The lowest BCUT2D eigenvalue weighted by molar-refractivity contribution is -0.132. The molecule has 1 spiro atoms. The first-order chi connectivity index (χ1) is 18.2. The number of nitrogens with zero attached hydrogens (tertiary/aromatic N) is 4. The molecule has 6 N–H and O–H groups in total. The number of nitrogen functional groups attached to an aromatic ring is 2. The molecule has 2 aliphatic rings. The summed E-state index contributed by atoms with van der Waals surface area (Å²) in [6.07, 6.45) is 2.47. The summed E-state index contributed by atoms with van der Waals surface area (Å²) in [5.74, 6) is 0.934. The molecule has 1 fully saturated rings. The highest BCUT2D eigenvalue weighted by atomic mass is 35.5. The summed E-state index contributed by atoms with van der Waals surface area (Å²) in [6.45, 7) is 5.71. The Labute approximate surface area is 225 Å². The molecular formula is C25H31ClN8O4. The number of aliphatic imine (C=N–C) groups is 1. The molecule has 2 aliphatic heterocycles. The van der Waals surface area contributed by atoms with Crippen LogP contribution in [-0.2, 0) is 16.0 Å². The summed E-state index contributed by atoms with van der Waals surface area (Å²) in [6, 6.07) is 7.66. The van der Waals surface area contributed by atoms with Gasteiger partial charge in [0.25, 0.3) is 5.91 Å². The number of anilines is 2. The van der Waals surface area contributed by atoms with Crippen molar-refractivity contribution < 1.29 is 19.1 Å². The minimum Gasteiger partial charge on any atom is -0.498 e. The van der Waals surface area contributed by atoms with Crippen molar-refractivity contribution in [3.05, 3.63) is 53.0 Å². The summed E-state index contributed by atoms with van der Waals surface area (Å²) >= 11 is 5.87. The zero-order chi connectivity index (χ0) is 27.3. The van der Waals surface area contributed by atoms with Gasteiger partial charge < -0.3 is 31.2 Å². The molecule has 0 aliphatic carbocycles. The Hall–Kier alpha value is -4.06. The van der Waals surface area contributed by atoms with Crippen molar-refractivity contribution in [2.24, 2.45) is 4.99 Å². The highest BCUT2D eigenvalue weighted by molar-refractivity contribution is 6.31. The molecule has 2 amide bonds. The van der Waals surface area contributed by atoms with Crippen LogP contribution in [0.5, 0.6) is 5.75 Å². The molecule has 202 valence electrons. The van der Waals surface area contributed by atoms with Gasteiger partial charge in [-0.1, -0.05) is 30.3 Å². The fourth-order valence-corrected chi connectivity index (χ4v) is 4.39. The second kappa shape index (κ2) is 11.5. The Morgan fingerprint density at radius 2 is 1.89 bits per heavy atom. The minimum atomic E-state index is -0.590. The van der Waals surface area contributed by atoms with E-state index in [1.165, 1.54) is 0 Å². The molecule has 1 aromatic carbocycles. The van der Waals surface area contributed by atoms with Crippen LogP contribution in [0.4, 0.5) is 11.6 Å². The van der Waals surface area contributed by atoms with Gasteiger partial charge in [0.05, 0.1) is 19.2 Å². The van der Waals surface area contributed by atoms with E-state index in [2.05, 4.69) is 32.2 Å². The lowest BCUT2D eigenvalue weighted by Crippen LogP contribution is -2.57. The number of likely N-dealkylation sites (tertiary alicyclic amines) is 1. The number of amides is 2. The summed E-state index contributed by atoms with van der Waals surface area (Å²) < 4.78 is 10.6. The van der Waals surface area contributed by atoms with Gasteiger partial charge in [-0.2, -0.15) is 0 Å². The van der Waals surface area contributed by atoms with Crippen molar-refractivity contribution in [1.82, 2.24) is 25.5 Å². The number of methoxy groups -OCH3 is 1. The van der Waals surface area contributed by atoms with Crippen LogP contribution in [0.3, 0.4) is 0 Å². The Kier molecular flexibility index (Phi) is 8.20. The van der Waals surface area contributed by atoms with E-state index in [1.807, 2.05) is 29.2 Å². The van der Waals surface area contributed by atoms with Crippen molar-refractivity contribution in [3.8, 4) is 5.75 Å². The molecule has 0 bridgehead atoms. The van der Waals surface area contributed by atoms with Crippen LogP contribution in [0.15, 0.2) is 41.6 Å². The second-order valence-corrected chi connectivity index (χ2v) is 9.57. The molecule has 0 radical (unpaired) electrons. The van der Waals surface area contributed by atoms with Crippen LogP contribution in [0.25, 0.3) is 0 Å². The Morgan fingerprint density at radius 3 is 2.58 bits per heavy atom. The number of aryl methyl sites for hydroxylation is 1. The monoisotopic (exact) mass is 542 g/mol. The number of aromatic nitrogens is 2. The molecule has 38 heavy (non-hydrogen) atoms. The molecule has 0 saturated carbocycles. The number of nitrogens with one attached hydrogen (secondary N) is 2. The standard InChI is InChI=1S/C25H31ClN8O4/c1-15(37-2)13-38-17-6-3-16(4-7-17)5-8-18(35)34-11-9-25(10-12-34)14-29-24(33-25)32-23(36)19-21(27)31-22(28)20(26)30-19/h3-4,6-7H,1,5,8-14H2,2H3,(H4,27,28,31)(H2,29,32,33,36). The summed E-state index contributed by atoms with van der Waals surface area (Å²) in [5, 5.41) is 5.87. The topological polar surface area (TPSA) is 170 Å². The van der Waals surface area contributed by atoms with E-state index in [-0.39, 0.29) is 33.9 Å². The van der Waals surface area contributed by atoms with E-state index >= 15 is 0 Å². The lowest BCUT2D eigenvalue weighted by Gasteiger charge is -2.39. The number of piperidine rings is 1. The number of ether oxygens (including phenoxy) is 2. The van der Waals surface area contributed by atoms with Crippen molar-refractivity contribution in [1.29, 1.82) is 0 Å². The number of rotatable bonds is 8. The first-order valence-electron chi connectivity index (χ1n) is 12.1. The average Bonchev–Trinajstić information content (AvgIpc) is 3.30. The number of hydrogen-bond donors (Lipinski definition) is 4. The lowest BCUT2D eigenvalue weighted by atomic mass is 9.88. The Morgan fingerprint density at radius 1 is 1.18 bits per heavy atom. The van der Waals surface area contributed by atoms with E-state index in [4.69, 9.17) is 32.5 Å². The molecule has 2 aromatic rings. The summed E-state index contributed by atoms with van der Waals surface area (Å²) in [7, 11) is 1.55. The van der Waals surface area contributed by atoms with E-state index in [1.54, 1.807) is 7.11 Å². The molecule has 0 unspecified atom stereocenters. The smallest absolute Gasteiger partial charge is 0.280 e. The van der Waals surface area contributed by atoms with Crippen molar-refractivity contribution in [3.63, 3.8) is 0 Å². The highest BCUT2D eigenvalue weighted by Crippen LogP contribution is 2.26. The quantitative estimate of drug-likeness (QED) is 0.361. The predicted octanol–water partition coefficient (Wildman–Crippen LogP) is 1.52. The Balaban J connectivity index is 1.21. The van der Waals surface area contributed by atoms with Gasteiger partial charge in [-0.05, 0) is 37.0 Å². The van der Waals surface area contributed by atoms with Gasteiger partial charge in [-0.3, -0.25) is 19.9 Å².